The van der Waals surface area contributed by atoms with Gasteiger partial charge in [-0.25, -0.2) is 14.6 Å². The number of hydrogen-bond donors (Lipinski definition) is 1. The van der Waals surface area contributed by atoms with E-state index in [1.807, 2.05) is 11.4 Å². The lowest BCUT2D eigenvalue weighted by atomic mass is 10.1. The quantitative estimate of drug-likeness (QED) is 0.270. The summed E-state index contributed by atoms with van der Waals surface area (Å²) in [6, 6.07) is 3.61. The summed E-state index contributed by atoms with van der Waals surface area (Å²) in [4.78, 5) is 33.6. The standard InChI is InChI=1S/C13H14O6S/c1-17-18-5-4-10-12(15)11(13(16)19-10)9(14)7-8-3-2-6-20-8/h2-3,6,10,15H,4-5,7H2,1H3. The van der Waals surface area contributed by atoms with E-state index in [-0.39, 0.29) is 30.8 Å². The lowest BCUT2D eigenvalue weighted by molar-refractivity contribution is -0.274. The first-order valence-corrected chi connectivity index (χ1v) is 6.86. The Morgan fingerprint density at radius 2 is 2.35 bits per heavy atom. The Morgan fingerprint density at radius 3 is 3.00 bits per heavy atom. The molecular formula is C13H14O6S. The molecule has 1 aliphatic heterocycles. The van der Waals surface area contributed by atoms with Crippen molar-refractivity contribution in [3.05, 3.63) is 33.7 Å². The van der Waals surface area contributed by atoms with E-state index in [0.717, 1.165) is 4.88 Å². The van der Waals surface area contributed by atoms with E-state index in [1.54, 1.807) is 6.07 Å². The maximum absolute atomic E-state index is 12.0. The third kappa shape index (κ3) is 3.24. The van der Waals surface area contributed by atoms with Gasteiger partial charge in [0.05, 0.1) is 13.7 Å². The van der Waals surface area contributed by atoms with Gasteiger partial charge in [0.15, 0.2) is 17.6 Å². The minimum absolute atomic E-state index is 0.0768. The van der Waals surface area contributed by atoms with Gasteiger partial charge in [-0.05, 0) is 11.4 Å². The number of aliphatic hydroxyl groups is 1. The summed E-state index contributed by atoms with van der Waals surface area (Å²) < 4.78 is 4.96. The Kier molecular flexibility index (Phi) is 4.89. The van der Waals surface area contributed by atoms with Gasteiger partial charge in [0, 0.05) is 17.7 Å². The number of esters is 1. The second kappa shape index (κ2) is 6.65. The lowest BCUT2D eigenvalue weighted by Crippen LogP contribution is -2.14. The molecule has 1 aromatic heterocycles. The van der Waals surface area contributed by atoms with Crippen molar-refractivity contribution >= 4 is 23.1 Å². The molecule has 1 N–H and O–H groups in total. The first-order chi connectivity index (χ1) is 9.63. The van der Waals surface area contributed by atoms with Crippen LogP contribution in [-0.4, -0.2) is 36.7 Å². The molecule has 1 unspecified atom stereocenters. The molecule has 1 atom stereocenters. The lowest BCUT2D eigenvalue weighted by Gasteiger charge is -2.08. The zero-order valence-electron chi connectivity index (χ0n) is 10.8. The number of rotatable bonds is 7. The molecule has 1 aromatic rings. The molecule has 20 heavy (non-hydrogen) atoms. The molecule has 0 amide bonds. The van der Waals surface area contributed by atoms with Gasteiger partial charge in [-0.15, -0.1) is 11.3 Å². The molecule has 108 valence electrons. The predicted octanol–water partition coefficient (Wildman–Crippen LogP) is 1.57. The second-order valence-electron chi connectivity index (χ2n) is 4.11. The normalized spacial score (nSPS) is 18.4. The molecule has 2 heterocycles. The van der Waals surface area contributed by atoms with Gasteiger partial charge in [0.25, 0.3) is 0 Å². The Labute approximate surface area is 119 Å². The third-order valence-electron chi connectivity index (χ3n) is 2.79. The highest BCUT2D eigenvalue weighted by Crippen LogP contribution is 2.25. The van der Waals surface area contributed by atoms with Gasteiger partial charge < -0.3 is 9.84 Å². The van der Waals surface area contributed by atoms with Crippen molar-refractivity contribution in [2.24, 2.45) is 0 Å². The molecule has 1 aliphatic rings. The molecule has 7 heteroatoms. The van der Waals surface area contributed by atoms with Gasteiger partial charge in [-0.2, -0.15) is 0 Å². The number of ether oxygens (including phenoxy) is 1. The minimum Gasteiger partial charge on any atom is -0.507 e. The number of carbonyl (C=O) groups is 2. The van der Waals surface area contributed by atoms with Gasteiger partial charge in [0.1, 0.15) is 5.57 Å². The highest BCUT2D eigenvalue weighted by molar-refractivity contribution is 7.10. The van der Waals surface area contributed by atoms with Crippen molar-refractivity contribution in [1.29, 1.82) is 0 Å². The van der Waals surface area contributed by atoms with E-state index in [1.165, 1.54) is 18.4 Å². The zero-order chi connectivity index (χ0) is 14.5. The predicted molar refractivity (Wildman–Crippen MR) is 70.1 cm³/mol. The van der Waals surface area contributed by atoms with Crippen LogP contribution in [0.2, 0.25) is 0 Å². The molecule has 0 saturated heterocycles. The summed E-state index contributed by atoms with van der Waals surface area (Å²) >= 11 is 1.42. The highest BCUT2D eigenvalue weighted by atomic mass is 32.1. The average molecular weight is 298 g/mol. The van der Waals surface area contributed by atoms with E-state index >= 15 is 0 Å². The summed E-state index contributed by atoms with van der Waals surface area (Å²) in [6.07, 6.45) is -0.547. The Bertz CT molecular complexity index is 519. The van der Waals surface area contributed by atoms with Crippen LogP contribution in [0, 0.1) is 0 Å². The van der Waals surface area contributed by atoms with Gasteiger partial charge in [0.2, 0.25) is 0 Å². The zero-order valence-corrected chi connectivity index (χ0v) is 11.6. The molecule has 0 aliphatic carbocycles. The SMILES string of the molecule is COOCCC1OC(=O)C(C(=O)Cc2cccs2)=C1O. The Morgan fingerprint density at radius 1 is 1.55 bits per heavy atom. The number of Topliss-reactive ketones (excluding diaryl/α,β-unsaturated/α-hetero) is 1. The van der Waals surface area contributed by atoms with Gasteiger partial charge >= 0.3 is 5.97 Å². The topological polar surface area (TPSA) is 82.1 Å². The number of ketones is 1. The van der Waals surface area contributed by atoms with Crippen LogP contribution in [0.5, 0.6) is 0 Å². The van der Waals surface area contributed by atoms with E-state index in [4.69, 9.17) is 4.74 Å². The van der Waals surface area contributed by atoms with Crippen molar-refractivity contribution in [1.82, 2.24) is 0 Å². The van der Waals surface area contributed by atoms with Crippen LogP contribution in [0.4, 0.5) is 0 Å². The molecule has 0 aromatic carbocycles. The molecule has 0 spiro atoms. The first-order valence-electron chi connectivity index (χ1n) is 5.98. The monoisotopic (exact) mass is 298 g/mol. The van der Waals surface area contributed by atoms with Crippen LogP contribution in [-0.2, 0) is 30.5 Å². The first kappa shape index (κ1) is 14.7. The Balaban J connectivity index is 2.04. The van der Waals surface area contributed by atoms with Crippen LogP contribution in [0.15, 0.2) is 28.8 Å². The molecular weight excluding hydrogens is 284 g/mol. The molecule has 6 nitrogen and oxygen atoms in total. The van der Waals surface area contributed by atoms with Crippen LogP contribution in [0.1, 0.15) is 11.3 Å². The number of carbonyl (C=O) groups excluding carboxylic acids is 2. The number of aliphatic hydroxyl groups excluding tert-OH is 1. The highest BCUT2D eigenvalue weighted by Gasteiger charge is 2.37. The molecule has 0 fully saturated rings. The van der Waals surface area contributed by atoms with Crippen molar-refractivity contribution in [2.45, 2.75) is 18.9 Å². The van der Waals surface area contributed by atoms with E-state index in [0.29, 0.717) is 0 Å². The number of hydrogen-bond acceptors (Lipinski definition) is 7. The summed E-state index contributed by atoms with van der Waals surface area (Å²) in [5.41, 5.74) is -0.263. The number of cyclic esters (lactones) is 1. The minimum atomic E-state index is -0.847. The van der Waals surface area contributed by atoms with Crippen LogP contribution in [0.3, 0.4) is 0 Å². The maximum Gasteiger partial charge on any atom is 0.346 e. The van der Waals surface area contributed by atoms with Crippen molar-refractivity contribution in [2.75, 3.05) is 13.7 Å². The number of thiophene rings is 1. The molecule has 0 saturated carbocycles. The van der Waals surface area contributed by atoms with E-state index in [9.17, 15) is 14.7 Å². The van der Waals surface area contributed by atoms with Crippen molar-refractivity contribution in [3.63, 3.8) is 0 Å². The van der Waals surface area contributed by atoms with Gasteiger partial charge in [-0.1, -0.05) is 6.07 Å². The van der Waals surface area contributed by atoms with Crippen molar-refractivity contribution < 1.29 is 29.2 Å². The molecule has 2 rings (SSSR count). The fraction of sp³-hybridized carbons (Fsp3) is 0.385. The Hall–Kier alpha value is -1.70. The smallest absolute Gasteiger partial charge is 0.346 e. The fourth-order valence-electron chi connectivity index (χ4n) is 1.86. The second-order valence-corrected chi connectivity index (χ2v) is 5.14. The average Bonchev–Trinajstić information content (AvgIpc) is 2.99. The van der Waals surface area contributed by atoms with E-state index in [2.05, 4.69) is 9.78 Å². The third-order valence-corrected chi connectivity index (χ3v) is 3.67. The maximum atomic E-state index is 12.0. The molecule has 0 radical (unpaired) electrons. The molecule has 0 bridgehead atoms. The summed E-state index contributed by atoms with van der Waals surface area (Å²) in [7, 11) is 1.35. The summed E-state index contributed by atoms with van der Waals surface area (Å²) in [5.74, 6) is -1.55. The van der Waals surface area contributed by atoms with Crippen LogP contribution in [0.25, 0.3) is 0 Å². The summed E-state index contributed by atoms with van der Waals surface area (Å²) in [5, 5.41) is 11.8. The van der Waals surface area contributed by atoms with Crippen molar-refractivity contribution in [3.8, 4) is 0 Å². The van der Waals surface area contributed by atoms with Crippen LogP contribution >= 0.6 is 11.3 Å². The largest absolute Gasteiger partial charge is 0.507 e. The van der Waals surface area contributed by atoms with Gasteiger partial charge in [-0.3, -0.25) is 4.79 Å². The van der Waals surface area contributed by atoms with E-state index < -0.39 is 17.9 Å². The fourth-order valence-corrected chi connectivity index (χ4v) is 2.56. The summed E-state index contributed by atoms with van der Waals surface area (Å²) in [6.45, 7) is 0.144. The van der Waals surface area contributed by atoms with Crippen LogP contribution < -0.4 is 0 Å².